The van der Waals surface area contributed by atoms with Crippen molar-refractivity contribution in [2.75, 3.05) is 12.8 Å². The Morgan fingerprint density at radius 1 is 1.42 bits per heavy atom. The van der Waals surface area contributed by atoms with Gasteiger partial charge in [-0.2, -0.15) is 0 Å². The number of benzene rings is 1. The standard InChI is InChI=1S/C9H11NOS/c1-12-8-4-2-7(3-5-8)9(11)6-10/h2-5H,6,10H2,1H3. The van der Waals surface area contributed by atoms with Gasteiger partial charge in [-0.15, -0.1) is 11.8 Å². The van der Waals surface area contributed by atoms with Gasteiger partial charge < -0.3 is 5.73 Å². The van der Waals surface area contributed by atoms with Gasteiger partial charge in [0.15, 0.2) is 5.78 Å². The normalized spacial score (nSPS) is 9.83. The molecule has 1 aromatic rings. The fourth-order valence-corrected chi connectivity index (χ4v) is 1.30. The third-order valence-electron chi connectivity index (χ3n) is 1.60. The zero-order valence-electron chi connectivity index (χ0n) is 6.91. The lowest BCUT2D eigenvalue weighted by molar-refractivity contribution is 0.100. The minimum Gasteiger partial charge on any atom is -0.324 e. The van der Waals surface area contributed by atoms with Crippen LogP contribution in [0.25, 0.3) is 0 Å². The lowest BCUT2D eigenvalue weighted by atomic mass is 10.1. The Hall–Kier alpha value is -0.800. The molecule has 0 saturated heterocycles. The number of carbonyl (C=O) groups excluding carboxylic acids is 1. The van der Waals surface area contributed by atoms with Crippen LogP contribution in [0, 0.1) is 0 Å². The summed E-state index contributed by atoms with van der Waals surface area (Å²) in [6.07, 6.45) is 2.00. The first kappa shape index (κ1) is 9.29. The zero-order chi connectivity index (χ0) is 8.97. The van der Waals surface area contributed by atoms with Crippen molar-refractivity contribution in [3.63, 3.8) is 0 Å². The molecule has 2 N–H and O–H groups in total. The zero-order valence-corrected chi connectivity index (χ0v) is 7.73. The number of hydrogen-bond acceptors (Lipinski definition) is 3. The molecule has 0 aromatic heterocycles. The second kappa shape index (κ2) is 4.28. The molecule has 0 bridgehead atoms. The van der Waals surface area contributed by atoms with Crippen molar-refractivity contribution in [3.8, 4) is 0 Å². The van der Waals surface area contributed by atoms with Crippen molar-refractivity contribution in [2.24, 2.45) is 5.73 Å². The van der Waals surface area contributed by atoms with E-state index in [9.17, 15) is 4.79 Å². The van der Waals surface area contributed by atoms with Crippen LogP contribution in [-0.2, 0) is 0 Å². The molecule has 64 valence electrons. The lowest BCUT2D eigenvalue weighted by Crippen LogP contribution is -2.13. The second-order valence-electron chi connectivity index (χ2n) is 2.36. The number of rotatable bonds is 3. The molecule has 0 heterocycles. The minimum atomic E-state index is -0.0114. The number of ketones is 1. The van der Waals surface area contributed by atoms with Crippen molar-refractivity contribution < 1.29 is 4.79 Å². The quantitative estimate of drug-likeness (QED) is 0.568. The molecule has 1 rings (SSSR count). The fraction of sp³-hybridized carbons (Fsp3) is 0.222. The maximum absolute atomic E-state index is 11.1. The van der Waals surface area contributed by atoms with E-state index in [2.05, 4.69) is 0 Å². The summed E-state index contributed by atoms with van der Waals surface area (Å²) < 4.78 is 0. The molecule has 3 heteroatoms. The predicted molar refractivity (Wildman–Crippen MR) is 51.6 cm³/mol. The Morgan fingerprint density at radius 2 is 2.00 bits per heavy atom. The summed E-state index contributed by atoms with van der Waals surface area (Å²) in [5, 5.41) is 0. The van der Waals surface area contributed by atoms with Crippen molar-refractivity contribution in [2.45, 2.75) is 4.90 Å². The van der Waals surface area contributed by atoms with E-state index in [1.807, 2.05) is 18.4 Å². The molecule has 0 saturated carbocycles. The first-order valence-electron chi connectivity index (χ1n) is 3.65. The van der Waals surface area contributed by atoms with E-state index in [1.165, 1.54) is 0 Å². The number of Topliss-reactive ketones (excluding diaryl/α,β-unsaturated/α-hetero) is 1. The van der Waals surface area contributed by atoms with Crippen LogP contribution in [-0.4, -0.2) is 18.6 Å². The average Bonchev–Trinajstić information content (AvgIpc) is 2.17. The highest BCUT2D eigenvalue weighted by Crippen LogP contribution is 2.14. The summed E-state index contributed by atoms with van der Waals surface area (Å²) in [7, 11) is 0. The summed E-state index contributed by atoms with van der Waals surface area (Å²) >= 11 is 1.65. The number of carbonyl (C=O) groups is 1. The van der Waals surface area contributed by atoms with Crippen LogP contribution in [0.4, 0.5) is 0 Å². The second-order valence-corrected chi connectivity index (χ2v) is 3.24. The van der Waals surface area contributed by atoms with Gasteiger partial charge >= 0.3 is 0 Å². The van der Waals surface area contributed by atoms with Crippen LogP contribution in [0.3, 0.4) is 0 Å². The van der Waals surface area contributed by atoms with Gasteiger partial charge in [-0.05, 0) is 18.4 Å². The molecule has 0 aliphatic rings. The van der Waals surface area contributed by atoms with Crippen LogP contribution in [0.5, 0.6) is 0 Å². The van der Waals surface area contributed by atoms with Crippen molar-refractivity contribution in [3.05, 3.63) is 29.8 Å². The summed E-state index contributed by atoms with van der Waals surface area (Å²) in [4.78, 5) is 12.2. The molecule has 0 atom stereocenters. The maximum atomic E-state index is 11.1. The molecule has 12 heavy (non-hydrogen) atoms. The Bertz CT molecular complexity index is 268. The monoisotopic (exact) mass is 181 g/mol. The third kappa shape index (κ3) is 2.09. The van der Waals surface area contributed by atoms with E-state index in [4.69, 9.17) is 5.73 Å². The SMILES string of the molecule is CSc1ccc(C(=O)CN)cc1. The smallest absolute Gasteiger partial charge is 0.176 e. The van der Waals surface area contributed by atoms with Gasteiger partial charge in [-0.1, -0.05) is 12.1 Å². The van der Waals surface area contributed by atoms with Crippen LogP contribution >= 0.6 is 11.8 Å². The van der Waals surface area contributed by atoms with E-state index >= 15 is 0 Å². The first-order chi connectivity index (χ1) is 5.77. The maximum Gasteiger partial charge on any atom is 0.176 e. The van der Waals surface area contributed by atoms with E-state index in [-0.39, 0.29) is 12.3 Å². The van der Waals surface area contributed by atoms with Gasteiger partial charge in [0.05, 0.1) is 6.54 Å². The highest BCUT2D eigenvalue weighted by Gasteiger charge is 2.01. The molecule has 0 fully saturated rings. The molecule has 0 radical (unpaired) electrons. The minimum absolute atomic E-state index is 0.0114. The predicted octanol–water partition coefficient (Wildman–Crippen LogP) is 1.55. The van der Waals surface area contributed by atoms with Crippen molar-refractivity contribution in [1.82, 2.24) is 0 Å². The number of nitrogens with two attached hydrogens (primary N) is 1. The Balaban J connectivity index is 2.84. The highest BCUT2D eigenvalue weighted by atomic mass is 32.2. The highest BCUT2D eigenvalue weighted by molar-refractivity contribution is 7.98. The molecule has 2 nitrogen and oxygen atoms in total. The number of thioether (sulfide) groups is 1. The largest absolute Gasteiger partial charge is 0.324 e. The first-order valence-corrected chi connectivity index (χ1v) is 4.87. The topological polar surface area (TPSA) is 43.1 Å². The van der Waals surface area contributed by atoms with Crippen LogP contribution in [0.2, 0.25) is 0 Å². The van der Waals surface area contributed by atoms with Crippen LogP contribution in [0.1, 0.15) is 10.4 Å². The van der Waals surface area contributed by atoms with Crippen molar-refractivity contribution in [1.29, 1.82) is 0 Å². The lowest BCUT2D eigenvalue weighted by Gasteiger charge is -1.98. The van der Waals surface area contributed by atoms with Crippen LogP contribution in [0.15, 0.2) is 29.2 Å². The average molecular weight is 181 g/mol. The molecule has 0 aliphatic carbocycles. The van der Waals surface area contributed by atoms with Gasteiger partial charge in [-0.3, -0.25) is 4.79 Å². The van der Waals surface area contributed by atoms with Gasteiger partial charge in [-0.25, -0.2) is 0 Å². The Kier molecular flexibility index (Phi) is 3.31. The van der Waals surface area contributed by atoms with E-state index in [1.54, 1.807) is 23.9 Å². The molecule has 0 unspecified atom stereocenters. The summed E-state index contributed by atoms with van der Waals surface area (Å²) in [5.41, 5.74) is 5.91. The molecule has 0 amide bonds. The molecular formula is C9H11NOS. The van der Waals surface area contributed by atoms with Crippen LogP contribution < -0.4 is 5.73 Å². The Morgan fingerprint density at radius 3 is 2.42 bits per heavy atom. The number of hydrogen-bond donors (Lipinski definition) is 1. The fourth-order valence-electron chi connectivity index (χ4n) is 0.895. The third-order valence-corrected chi connectivity index (χ3v) is 2.34. The van der Waals surface area contributed by atoms with E-state index in [0.29, 0.717) is 5.56 Å². The molecular weight excluding hydrogens is 170 g/mol. The van der Waals surface area contributed by atoms with Gasteiger partial charge in [0.2, 0.25) is 0 Å². The van der Waals surface area contributed by atoms with E-state index in [0.717, 1.165) is 4.90 Å². The van der Waals surface area contributed by atoms with Gasteiger partial charge in [0, 0.05) is 10.5 Å². The molecule has 0 aliphatic heterocycles. The molecule has 1 aromatic carbocycles. The summed E-state index contributed by atoms with van der Waals surface area (Å²) in [6.45, 7) is 0.0820. The van der Waals surface area contributed by atoms with E-state index < -0.39 is 0 Å². The summed E-state index contributed by atoms with van der Waals surface area (Å²) in [5.74, 6) is -0.0114. The summed E-state index contributed by atoms with van der Waals surface area (Å²) in [6, 6.07) is 7.46. The molecule has 0 spiro atoms. The Labute approximate surface area is 76.2 Å². The van der Waals surface area contributed by atoms with Crippen molar-refractivity contribution >= 4 is 17.5 Å². The van der Waals surface area contributed by atoms with Gasteiger partial charge in [0.25, 0.3) is 0 Å². The van der Waals surface area contributed by atoms with Gasteiger partial charge in [0.1, 0.15) is 0 Å².